The Morgan fingerprint density at radius 3 is 2.24 bits per heavy atom. The first-order valence-electron chi connectivity index (χ1n) is 21.8. The van der Waals surface area contributed by atoms with E-state index in [-0.39, 0.29) is 36.9 Å². The topological polar surface area (TPSA) is 194 Å². The number of amides is 3. The summed E-state index contributed by atoms with van der Waals surface area (Å²) in [4.78, 5) is 72.3. The third kappa shape index (κ3) is 9.06. The number of likely N-dealkylation sites (tertiary alicyclic amines) is 1. The van der Waals surface area contributed by atoms with Crippen LogP contribution in [0.3, 0.4) is 0 Å². The number of methoxy groups -OCH3 is 1. The number of β-amino-alcohol motifs (C(OH)–C–C–N with tert-alkyl or cyclic N) is 1. The minimum absolute atomic E-state index is 0.00165. The molecular formula is C49H53N9O6S2. The number of ether oxygens (including phenoxy) is 1. The van der Waals surface area contributed by atoms with Crippen LogP contribution in [0.1, 0.15) is 107 Å². The second kappa shape index (κ2) is 18.5. The van der Waals surface area contributed by atoms with Gasteiger partial charge in [-0.2, -0.15) is 0 Å². The van der Waals surface area contributed by atoms with Gasteiger partial charge in [-0.1, -0.05) is 69.3 Å². The molecule has 5 atom stereocenters. The number of aliphatic hydroxyl groups excluding tert-OH is 1. The summed E-state index contributed by atoms with van der Waals surface area (Å²) in [5.74, 6) is -0.469. The first-order valence-corrected chi connectivity index (χ1v) is 23.5. The Morgan fingerprint density at radius 1 is 0.909 bits per heavy atom. The molecule has 17 heteroatoms. The molecule has 15 nitrogen and oxygen atoms in total. The molecule has 8 rings (SSSR count). The van der Waals surface area contributed by atoms with E-state index in [1.165, 1.54) is 18.2 Å². The number of carbonyl (C=O) groups is 4. The van der Waals surface area contributed by atoms with Crippen LogP contribution in [0.4, 0.5) is 0 Å². The lowest BCUT2D eigenvalue weighted by atomic mass is 9.85. The number of hydrogen-bond donors (Lipinski definition) is 3. The Labute approximate surface area is 391 Å². The van der Waals surface area contributed by atoms with Crippen molar-refractivity contribution >= 4 is 52.1 Å². The van der Waals surface area contributed by atoms with Crippen molar-refractivity contribution in [3.8, 4) is 26.7 Å². The summed E-state index contributed by atoms with van der Waals surface area (Å²) in [6.45, 7) is 15.4. The maximum Gasteiger partial charge on any atom is 0.308 e. The number of carbonyl (C=O) groups excluding carboxylic acids is 4. The van der Waals surface area contributed by atoms with Gasteiger partial charge in [0.1, 0.15) is 29.0 Å². The number of hydrogen-bond acceptors (Lipinski definition) is 13. The van der Waals surface area contributed by atoms with Crippen molar-refractivity contribution < 1.29 is 29.0 Å². The van der Waals surface area contributed by atoms with Crippen molar-refractivity contribution in [1.29, 1.82) is 0 Å². The van der Waals surface area contributed by atoms with Gasteiger partial charge in [-0.3, -0.25) is 33.7 Å². The number of pyridine rings is 1. The lowest BCUT2D eigenvalue weighted by Gasteiger charge is -2.35. The minimum atomic E-state index is -1.02. The van der Waals surface area contributed by atoms with Crippen molar-refractivity contribution in [3.63, 3.8) is 0 Å². The molecule has 0 spiro atoms. The van der Waals surface area contributed by atoms with E-state index in [1.807, 2.05) is 100 Å². The molecule has 0 bridgehead atoms. The SMILES string of the molecule is COC(=O)C[C@@H]1N=C(c2ccc(-c3ccc(C(=O)NC(C(=O)N4C[C@H](O)C[C@H]4C(=O)N[C@@H](C)c4ccc(-c5scnc5C)cc4)C(C)(C)C)cn3)cc2)c2c(sc(C)c2C)-n2c(C)nnc21. The highest BCUT2D eigenvalue weighted by molar-refractivity contribution is 7.15. The molecule has 2 aliphatic rings. The highest BCUT2D eigenvalue weighted by Crippen LogP contribution is 2.40. The van der Waals surface area contributed by atoms with E-state index >= 15 is 0 Å². The predicted octanol–water partition coefficient (Wildman–Crippen LogP) is 7.19. The Hall–Kier alpha value is -6.43. The number of thiophene rings is 1. The van der Waals surface area contributed by atoms with Gasteiger partial charge >= 0.3 is 5.97 Å². The summed E-state index contributed by atoms with van der Waals surface area (Å²) >= 11 is 3.20. The first-order chi connectivity index (χ1) is 31.4. The number of aliphatic imine (C=N–C) groups is 1. The van der Waals surface area contributed by atoms with Crippen LogP contribution in [-0.4, -0.2) is 96.0 Å². The highest BCUT2D eigenvalue weighted by atomic mass is 32.1. The largest absolute Gasteiger partial charge is 0.469 e. The molecule has 0 saturated carbocycles. The van der Waals surface area contributed by atoms with Crippen molar-refractivity contribution in [2.75, 3.05) is 13.7 Å². The molecular weight excluding hydrogens is 875 g/mol. The summed E-state index contributed by atoms with van der Waals surface area (Å²) in [6.07, 6.45) is 0.648. The van der Waals surface area contributed by atoms with E-state index in [4.69, 9.17) is 9.73 Å². The summed E-state index contributed by atoms with van der Waals surface area (Å²) in [6, 6.07) is 16.2. The van der Waals surface area contributed by atoms with Crippen molar-refractivity contribution in [2.24, 2.45) is 10.4 Å². The molecule has 3 N–H and O–H groups in total. The van der Waals surface area contributed by atoms with Crippen molar-refractivity contribution in [1.82, 2.24) is 40.3 Å². The van der Waals surface area contributed by atoms with Crippen LogP contribution in [-0.2, 0) is 19.1 Å². The smallest absolute Gasteiger partial charge is 0.308 e. The number of aliphatic hydroxyl groups is 1. The Kier molecular flexibility index (Phi) is 12.9. The molecule has 3 amide bonds. The molecule has 0 aliphatic carbocycles. The van der Waals surface area contributed by atoms with Crippen molar-refractivity contribution in [3.05, 3.63) is 122 Å². The van der Waals surface area contributed by atoms with Gasteiger partial charge in [0.05, 0.1) is 58.7 Å². The Bertz CT molecular complexity index is 2840. The van der Waals surface area contributed by atoms with Crippen LogP contribution in [0.2, 0.25) is 0 Å². The molecule has 2 aromatic carbocycles. The fourth-order valence-electron chi connectivity index (χ4n) is 8.49. The monoisotopic (exact) mass is 927 g/mol. The molecule has 1 saturated heterocycles. The molecule has 4 aromatic heterocycles. The summed E-state index contributed by atoms with van der Waals surface area (Å²) in [7, 11) is 1.36. The average Bonchev–Trinajstić information content (AvgIpc) is 4.07. The zero-order chi connectivity index (χ0) is 47.2. The Balaban J connectivity index is 0.965. The number of aryl methyl sites for hydroxylation is 3. The van der Waals surface area contributed by atoms with Gasteiger partial charge in [-0.15, -0.1) is 32.9 Å². The number of aromatic nitrogens is 5. The number of benzene rings is 2. The van der Waals surface area contributed by atoms with Gasteiger partial charge in [-0.25, -0.2) is 4.98 Å². The molecule has 0 radical (unpaired) electrons. The molecule has 342 valence electrons. The molecule has 6 heterocycles. The summed E-state index contributed by atoms with van der Waals surface area (Å²) < 4.78 is 7.01. The third-order valence-electron chi connectivity index (χ3n) is 12.3. The molecule has 2 aliphatic heterocycles. The Morgan fingerprint density at radius 2 is 1.61 bits per heavy atom. The zero-order valence-corrected chi connectivity index (χ0v) is 40.0. The van der Waals surface area contributed by atoms with E-state index in [1.54, 1.807) is 34.8 Å². The number of nitrogens with zero attached hydrogens (tertiary/aromatic N) is 7. The standard InChI is InChI=1S/C49H53N9O6S2/c1-25-28(4)66-48-40(25)41(53-37(21-39(60)64-9)44-56-55-29(5)58(44)48)32-14-12-31(13-15-32)36-19-18-34(22-50-36)45(61)54-43(49(6,7)8)47(63)57-23-35(59)20-38(57)46(62)52-26(2)30-10-16-33(17-11-30)42-27(3)51-24-65-42/h10-19,22,24,26,35,37-38,43,59H,20-21,23H2,1-9H3,(H,52,62)(H,54,61)/t26-,35+,37-,38-,43?/m0/s1. The highest BCUT2D eigenvalue weighted by Gasteiger charge is 2.45. The number of rotatable bonds is 11. The lowest BCUT2D eigenvalue weighted by molar-refractivity contribution is -0.142. The van der Waals surface area contributed by atoms with Crippen LogP contribution in [0.25, 0.3) is 26.7 Å². The maximum atomic E-state index is 14.3. The van der Waals surface area contributed by atoms with Crippen molar-refractivity contribution in [2.45, 2.75) is 98.5 Å². The molecule has 1 fully saturated rings. The van der Waals surface area contributed by atoms with E-state index in [9.17, 15) is 24.3 Å². The van der Waals surface area contributed by atoms with Gasteiger partial charge in [-0.05, 0) is 68.9 Å². The second-order valence-corrected chi connectivity index (χ2v) is 20.0. The van der Waals surface area contributed by atoms with Crippen LogP contribution in [0.5, 0.6) is 0 Å². The van der Waals surface area contributed by atoms with Gasteiger partial charge in [0.25, 0.3) is 5.91 Å². The van der Waals surface area contributed by atoms with Crippen LogP contribution in [0, 0.1) is 33.1 Å². The second-order valence-electron chi connectivity index (χ2n) is 18.0. The van der Waals surface area contributed by atoms with Crippen LogP contribution < -0.4 is 10.6 Å². The van der Waals surface area contributed by atoms with Crippen LogP contribution in [0.15, 0.2) is 77.4 Å². The maximum absolute atomic E-state index is 14.3. The molecule has 6 aromatic rings. The normalized spacial score (nSPS) is 17.8. The van der Waals surface area contributed by atoms with Gasteiger partial charge in [0, 0.05) is 40.7 Å². The number of esters is 1. The third-order valence-corrected chi connectivity index (χ3v) is 14.5. The van der Waals surface area contributed by atoms with E-state index < -0.39 is 47.4 Å². The van der Waals surface area contributed by atoms with Gasteiger partial charge in [0.15, 0.2) is 5.82 Å². The minimum Gasteiger partial charge on any atom is -0.469 e. The molecule has 66 heavy (non-hydrogen) atoms. The van der Waals surface area contributed by atoms with E-state index in [0.717, 1.165) is 59.5 Å². The van der Waals surface area contributed by atoms with Crippen LogP contribution >= 0.6 is 22.7 Å². The number of fused-ring (bicyclic) bond motifs is 3. The first kappa shape index (κ1) is 46.1. The lowest BCUT2D eigenvalue weighted by Crippen LogP contribution is -2.57. The quantitative estimate of drug-likeness (QED) is 0.112. The summed E-state index contributed by atoms with van der Waals surface area (Å²) in [5.41, 5.74) is 9.24. The fraction of sp³-hybridized carbons (Fsp3) is 0.367. The van der Waals surface area contributed by atoms with Gasteiger partial charge in [0.2, 0.25) is 11.8 Å². The zero-order valence-electron chi connectivity index (χ0n) is 38.4. The van der Waals surface area contributed by atoms with E-state index in [2.05, 4.69) is 44.6 Å². The number of nitrogens with one attached hydrogen (secondary N) is 2. The summed E-state index contributed by atoms with van der Waals surface area (Å²) in [5, 5.41) is 26.4. The van der Waals surface area contributed by atoms with Gasteiger partial charge < -0.3 is 25.4 Å². The fourth-order valence-corrected chi connectivity index (χ4v) is 10.5. The molecule has 1 unspecified atom stereocenters. The predicted molar refractivity (Wildman–Crippen MR) is 254 cm³/mol. The number of thiazole rings is 1. The van der Waals surface area contributed by atoms with E-state index in [0.29, 0.717) is 17.3 Å². The average molecular weight is 928 g/mol.